The van der Waals surface area contributed by atoms with Crippen molar-refractivity contribution in [3.8, 4) is 0 Å². The number of nitrogens with two attached hydrogens (primary N) is 1. The van der Waals surface area contributed by atoms with Gasteiger partial charge in [-0.1, -0.05) is 12.1 Å². The zero-order chi connectivity index (χ0) is 16.4. The van der Waals surface area contributed by atoms with E-state index in [-0.39, 0.29) is 5.56 Å². The average molecular weight is 315 g/mol. The highest BCUT2D eigenvalue weighted by molar-refractivity contribution is 5.75. The quantitative estimate of drug-likeness (QED) is 0.686. The smallest absolute Gasteiger partial charge is 0.452 e. The van der Waals surface area contributed by atoms with Crippen LogP contribution >= 0.6 is 0 Å². The number of esters is 1. The van der Waals surface area contributed by atoms with E-state index in [9.17, 15) is 31.1 Å². The van der Waals surface area contributed by atoms with E-state index in [1.807, 2.05) is 0 Å². The lowest BCUT2D eigenvalue weighted by Crippen LogP contribution is -2.31. The zero-order valence-corrected chi connectivity index (χ0v) is 10.7. The Morgan fingerprint density at radius 2 is 1.86 bits per heavy atom. The lowest BCUT2D eigenvalue weighted by Gasteiger charge is -2.19. The predicted molar refractivity (Wildman–Crippen MR) is 59.9 cm³/mol. The second-order valence-electron chi connectivity index (χ2n) is 4.28. The van der Waals surface area contributed by atoms with Gasteiger partial charge in [0.25, 0.3) is 0 Å². The number of hydrogen-bond acceptors (Lipinski definition) is 3. The lowest BCUT2D eigenvalue weighted by atomic mass is 10.0. The topological polar surface area (TPSA) is 52.3 Å². The molecule has 0 spiro atoms. The summed E-state index contributed by atoms with van der Waals surface area (Å²) in [6.45, 7) is -0.575. The molecule has 0 heterocycles. The first-order valence-electron chi connectivity index (χ1n) is 5.63. The average Bonchev–Trinajstić information content (AvgIpc) is 2.34. The van der Waals surface area contributed by atoms with Crippen LogP contribution in [0.5, 0.6) is 0 Å². The van der Waals surface area contributed by atoms with Crippen molar-refractivity contribution in [3.05, 3.63) is 35.1 Å². The van der Waals surface area contributed by atoms with Gasteiger partial charge >= 0.3 is 18.1 Å². The van der Waals surface area contributed by atoms with Crippen LogP contribution in [0.25, 0.3) is 0 Å². The van der Waals surface area contributed by atoms with E-state index in [4.69, 9.17) is 5.73 Å². The van der Waals surface area contributed by atoms with Crippen LogP contribution in [0.4, 0.5) is 26.3 Å². The number of rotatable bonds is 4. The molecule has 0 unspecified atom stereocenters. The van der Waals surface area contributed by atoms with E-state index >= 15 is 0 Å². The number of carbonyl (C=O) groups is 1. The van der Waals surface area contributed by atoms with Gasteiger partial charge in [-0.2, -0.15) is 22.0 Å². The number of ether oxygens (including phenoxy) is 1. The monoisotopic (exact) mass is 315 g/mol. The molecule has 0 aliphatic heterocycles. The molecule has 0 aliphatic rings. The van der Waals surface area contributed by atoms with Crippen molar-refractivity contribution < 1.29 is 35.9 Å². The van der Waals surface area contributed by atoms with Gasteiger partial charge in [0.2, 0.25) is 0 Å². The Morgan fingerprint density at radius 3 is 2.33 bits per heavy atom. The van der Waals surface area contributed by atoms with Crippen LogP contribution in [0.3, 0.4) is 0 Å². The van der Waals surface area contributed by atoms with Gasteiger partial charge in [0, 0.05) is 11.6 Å². The molecule has 0 aromatic heterocycles. The molecule has 0 saturated heterocycles. The van der Waals surface area contributed by atoms with Crippen LogP contribution in [-0.4, -0.2) is 18.8 Å². The Balaban J connectivity index is 2.98. The van der Waals surface area contributed by atoms with E-state index in [0.717, 1.165) is 6.07 Å². The molecule has 0 radical (unpaired) electrons. The summed E-state index contributed by atoms with van der Waals surface area (Å²) in [6, 6.07) is 2.04. The molecule has 9 heteroatoms. The summed E-state index contributed by atoms with van der Waals surface area (Å²) in [4.78, 5) is 10.4. The van der Waals surface area contributed by atoms with Gasteiger partial charge in [0.1, 0.15) is 5.82 Å². The minimum Gasteiger partial charge on any atom is -0.452 e. The molecule has 0 fully saturated rings. The highest BCUT2D eigenvalue weighted by Gasteiger charge is 2.44. The molecule has 1 atom stereocenters. The van der Waals surface area contributed by atoms with Gasteiger partial charge in [-0.05, 0) is 13.0 Å². The van der Waals surface area contributed by atoms with E-state index in [2.05, 4.69) is 4.74 Å². The van der Waals surface area contributed by atoms with Gasteiger partial charge in [-0.25, -0.2) is 9.18 Å². The normalized spacial score (nSPS) is 13.9. The van der Waals surface area contributed by atoms with Crippen molar-refractivity contribution in [2.45, 2.75) is 25.1 Å². The fourth-order valence-electron chi connectivity index (χ4n) is 1.50. The maximum absolute atomic E-state index is 13.9. The standard InChI is InChI=1S/C12H11F6NO2/c1-6(19)7-3-2-4-8(9(7)13)11(14,15)5-21-10(20)12(16,17)18/h2-4,6H,5,19H2,1H3/t6-/m1/s1. The highest BCUT2D eigenvalue weighted by atomic mass is 19.4. The molecule has 21 heavy (non-hydrogen) atoms. The number of carbonyl (C=O) groups excluding carboxylic acids is 1. The maximum Gasteiger partial charge on any atom is 0.490 e. The minimum absolute atomic E-state index is 0.227. The van der Waals surface area contributed by atoms with Crippen molar-refractivity contribution in [3.63, 3.8) is 0 Å². The largest absolute Gasteiger partial charge is 0.490 e. The summed E-state index contributed by atoms with van der Waals surface area (Å²) < 4.78 is 80.3. The molecular formula is C12H11F6NO2. The van der Waals surface area contributed by atoms with Gasteiger partial charge in [-0.3, -0.25) is 0 Å². The van der Waals surface area contributed by atoms with Crippen molar-refractivity contribution in [1.82, 2.24) is 0 Å². The Bertz CT molecular complexity index is 527. The summed E-state index contributed by atoms with van der Waals surface area (Å²) in [5.41, 5.74) is 3.97. The third-order valence-electron chi connectivity index (χ3n) is 2.53. The number of halogens is 6. The molecule has 1 aromatic rings. The van der Waals surface area contributed by atoms with Crippen LogP contribution in [-0.2, 0) is 15.5 Å². The molecule has 118 valence electrons. The second-order valence-corrected chi connectivity index (χ2v) is 4.28. The number of alkyl halides is 5. The first-order chi connectivity index (χ1) is 9.47. The van der Waals surface area contributed by atoms with Crippen LogP contribution < -0.4 is 5.73 Å². The Labute approximate surface area is 115 Å². The zero-order valence-electron chi connectivity index (χ0n) is 10.7. The molecular weight excluding hydrogens is 304 g/mol. The first-order valence-corrected chi connectivity index (χ1v) is 5.63. The molecule has 1 rings (SSSR count). The van der Waals surface area contributed by atoms with Crippen molar-refractivity contribution in [2.75, 3.05) is 6.61 Å². The first kappa shape index (κ1) is 17.3. The third kappa shape index (κ3) is 4.10. The van der Waals surface area contributed by atoms with E-state index < -0.39 is 42.1 Å². The third-order valence-corrected chi connectivity index (χ3v) is 2.53. The molecule has 0 saturated carbocycles. The Kier molecular flexibility index (Phi) is 4.87. The van der Waals surface area contributed by atoms with Crippen LogP contribution in [0, 0.1) is 5.82 Å². The molecule has 0 aliphatic carbocycles. The number of hydrogen-bond donors (Lipinski definition) is 1. The van der Waals surface area contributed by atoms with Gasteiger partial charge in [0.15, 0.2) is 6.61 Å². The van der Waals surface area contributed by atoms with Crippen LogP contribution in [0.15, 0.2) is 18.2 Å². The summed E-state index contributed by atoms with van der Waals surface area (Å²) in [5.74, 6) is -8.23. The van der Waals surface area contributed by atoms with E-state index in [0.29, 0.717) is 6.07 Å². The van der Waals surface area contributed by atoms with Crippen molar-refractivity contribution >= 4 is 5.97 Å². The minimum atomic E-state index is -5.40. The summed E-state index contributed by atoms with van der Waals surface area (Å²) >= 11 is 0. The van der Waals surface area contributed by atoms with Gasteiger partial charge in [0.05, 0.1) is 5.56 Å². The Morgan fingerprint density at radius 1 is 1.29 bits per heavy atom. The molecule has 2 N–H and O–H groups in total. The van der Waals surface area contributed by atoms with Crippen LogP contribution in [0.1, 0.15) is 24.1 Å². The molecule has 3 nitrogen and oxygen atoms in total. The van der Waals surface area contributed by atoms with Gasteiger partial charge < -0.3 is 10.5 Å². The van der Waals surface area contributed by atoms with Crippen LogP contribution in [0.2, 0.25) is 0 Å². The lowest BCUT2D eigenvalue weighted by molar-refractivity contribution is -0.208. The Hall–Kier alpha value is -1.77. The second kappa shape index (κ2) is 5.92. The maximum atomic E-state index is 13.9. The predicted octanol–water partition coefficient (Wildman–Crippen LogP) is 3.04. The summed E-state index contributed by atoms with van der Waals surface area (Å²) in [6.07, 6.45) is -5.40. The highest BCUT2D eigenvalue weighted by Crippen LogP contribution is 2.33. The molecule has 1 aromatic carbocycles. The fraction of sp³-hybridized carbons (Fsp3) is 0.417. The van der Waals surface area contributed by atoms with Crippen molar-refractivity contribution in [2.24, 2.45) is 5.73 Å². The number of benzene rings is 1. The summed E-state index contributed by atoms with van der Waals surface area (Å²) in [5, 5.41) is 0. The summed E-state index contributed by atoms with van der Waals surface area (Å²) in [7, 11) is 0. The molecule has 0 amide bonds. The SMILES string of the molecule is C[C@@H](N)c1cccc(C(F)(F)COC(=O)C(F)(F)F)c1F. The van der Waals surface area contributed by atoms with E-state index in [1.54, 1.807) is 0 Å². The molecule has 0 bridgehead atoms. The van der Waals surface area contributed by atoms with E-state index in [1.165, 1.54) is 13.0 Å². The fourth-order valence-corrected chi connectivity index (χ4v) is 1.50. The van der Waals surface area contributed by atoms with Crippen molar-refractivity contribution in [1.29, 1.82) is 0 Å². The van der Waals surface area contributed by atoms with Gasteiger partial charge in [-0.15, -0.1) is 0 Å².